The van der Waals surface area contributed by atoms with Crippen LogP contribution >= 0.6 is 0 Å². The molecule has 184 valence electrons. The van der Waals surface area contributed by atoms with Gasteiger partial charge in [-0.25, -0.2) is 8.42 Å². The maximum atomic E-state index is 13.2. The van der Waals surface area contributed by atoms with Crippen LogP contribution in [0, 0.1) is 27.7 Å². The molecule has 3 aromatic carbocycles. The molecule has 0 aromatic heterocycles. The Hall–Kier alpha value is -3.52. The van der Waals surface area contributed by atoms with Crippen molar-refractivity contribution in [3.8, 4) is 0 Å². The second-order valence-electron chi connectivity index (χ2n) is 9.16. The van der Waals surface area contributed by atoms with Crippen LogP contribution in [0.1, 0.15) is 32.6 Å². The number of aryl methyl sites for hydroxylation is 3. The smallest absolute Gasteiger partial charge is 0.262 e. The minimum atomic E-state index is -4.01. The number of rotatable bonds is 6. The summed E-state index contributed by atoms with van der Waals surface area (Å²) in [5.74, 6) is -0.776. The first-order valence-corrected chi connectivity index (χ1v) is 13.1. The van der Waals surface area contributed by atoms with Crippen molar-refractivity contribution in [2.75, 3.05) is 40.7 Å². The van der Waals surface area contributed by atoms with Gasteiger partial charge in [0.1, 0.15) is 4.90 Å². The van der Waals surface area contributed by atoms with Crippen LogP contribution in [0.25, 0.3) is 0 Å². The number of nitrogens with zero attached hydrogens (tertiary/aromatic N) is 2. The van der Waals surface area contributed by atoms with Gasteiger partial charge in [0.15, 0.2) is 0 Å². The molecule has 1 fully saturated rings. The van der Waals surface area contributed by atoms with Gasteiger partial charge in [-0.05, 0) is 80.3 Å². The first kappa shape index (κ1) is 24.6. The molecule has 0 saturated carbocycles. The summed E-state index contributed by atoms with van der Waals surface area (Å²) in [4.78, 5) is 16.7. The van der Waals surface area contributed by atoms with Crippen LogP contribution in [0.4, 0.5) is 17.1 Å². The molecule has 7 nitrogen and oxygen atoms in total. The Morgan fingerprint density at radius 2 is 1.54 bits per heavy atom. The van der Waals surface area contributed by atoms with Crippen LogP contribution in [-0.4, -0.2) is 40.5 Å². The zero-order valence-electron chi connectivity index (χ0n) is 20.6. The number of piperazine rings is 1. The maximum Gasteiger partial charge on any atom is 0.262 e. The SMILES string of the molecule is Cc1ccc(C)c(NS(=O)(=O)c2ccc(N3CCN(c4cccc(C)c4C)CC3)cc2C(N)=O)c1. The Morgan fingerprint density at radius 3 is 2.23 bits per heavy atom. The van der Waals surface area contributed by atoms with E-state index in [0.717, 1.165) is 43.0 Å². The average molecular weight is 493 g/mol. The van der Waals surface area contributed by atoms with Gasteiger partial charge in [-0.3, -0.25) is 9.52 Å². The van der Waals surface area contributed by atoms with Crippen molar-refractivity contribution in [1.82, 2.24) is 0 Å². The number of hydrogen-bond donors (Lipinski definition) is 2. The number of carbonyl (C=O) groups is 1. The number of benzene rings is 3. The fraction of sp³-hybridized carbons (Fsp3) is 0.296. The molecule has 0 atom stereocenters. The van der Waals surface area contributed by atoms with Gasteiger partial charge in [0, 0.05) is 37.6 Å². The van der Waals surface area contributed by atoms with Gasteiger partial charge < -0.3 is 15.5 Å². The van der Waals surface area contributed by atoms with Crippen LogP contribution in [-0.2, 0) is 10.0 Å². The third-order valence-electron chi connectivity index (χ3n) is 6.72. The second-order valence-corrected chi connectivity index (χ2v) is 10.8. The van der Waals surface area contributed by atoms with Gasteiger partial charge >= 0.3 is 0 Å². The molecule has 4 rings (SSSR count). The van der Waals surface area contributed by atoms with Gasteiger partial charge in [0.05, 0.1) is 11.3 Å². The summed E-state index contributed by atoms with van der Waals surface area (Å²) in [6, 6.07) is 16.7. The molecule has 1 aliphatic heterocycles. The standard InChI is InChI=1S/C27H32N4O3S/c1-18-8-9-20(3)24(16-18)29-35(33,34)26-11-10-22(17-23(26)27(28)32)30-12-14-31(15-13-30)25-7-5-6-19(2)21(25)4/h5-11,16-17,29H,12-15H2,1-4H3,(H2,28,32). The van der Waals surface area contributed by atoms with E-state index in [4.69, 9.17) is 5.73 Å². The molecule has 0 spiro atoms. The molecular weight excluding hydrogens is 460 g/mol. The summed E-state index contributed by atoms with van der Waals surface area (Å²) in [7, 11) is -4.01. The van der Waals surface area contributed by atoms with Gasteiger partial charge in [0.2, 0.25) is 5.91 Å². The van der Waals surface area contributed by atoms with Crippen molar-refractivity contribution < 1.29 is 13.2 Å². The highest BCUT2D eigenvalue weighted by Crippen LogP contribution is 2.29. The van der Waals surface area contributed by atoms with Crippen molar-refractivity contribution in [3.05, 3.63) is 82.4 Å². The Morgan fingerprint density at radius 1 is 0.857 bits per heavy atom. The normalized spacial score (nSPS) is 14.2. The van der Waals surface area contributed by atoms with Crippen molar-refractivity contribution in [3.63, 3.8) is 0 Å². The highest BCUT2D eigenvalue weighted by Gasteiger charge is 2.25. The van der Waals surface area contributed by atoms with Crippen molar-refractivity contribution >= 4 is 33.0 Å². The van der Waals surface area contributed by atoms with E-state index in [0.29, 0.717) is 5.69 Å². The van der Waals surface area contributed by atoms with Crippen LogP contribution < -0.4 is 20.3 Å². The average Bonchev–Trinajstić information content (AvgIpc) is 2.83. The Kier molecular flexibility index (Phi) is 6.76. The number of sulfonamides is 1. The van der Waals surface area contributed by atoms with Gasteiger partial charge in [-0.1, -0.05) is 24.3 Å². The molecule has 0 radical (unpaired) electrons. The van der Waals surface area contributed by atoms with E-state index in [2.05, 4.69) is 46.6 Å². The van der Waals surface area contributed by atoms with Crippen LogP contribution in [0.15, 0.2) is 59.5 Å². The van der Waals surface area contributed by atoms with Crippen molar-refractivity contribution in [2.24, 2.45) is 5.73 Å². The lowest BCUT2D eigenvalue weighted by Crippen LogP contribution is -2.46. The van der Waals surface area contributed by atoms with E-state index in [9.17, 15) is 13.2 Å². The van der Waals surface area contributed by atoms with Crippen LogP contribution in [0.3, 0.4) is 0 Å². The van der Waals surface area contributed by atoms with E-state index >= 15 is 0 Å². The highest BCUT2D eigenvalue weighted by molar-refractivity contribution is 7.92. The molecule has 35 heavy (non-hydrogen) atoms. The second kappa shape index (κ2) is 9.62. The van der Waals surface area contributed by atoms with Crippen molar-refractivity contribution in [2.45, 2.75) is 32.6 Å². The quantitative estimate of drug-likeness (QED) is 0.539. The van der Waals surface area contributed by atoms with Gasteiger partial charge in [-0.15, -0.1) is 0 Å². The first-order chi connectivity index (χ1) is 16.6. The molecule has 1 aliphatic rings. The number of hydrogen-bond acceptors (Lipinski definition) is 5. The topological polar surface area (TPSA) is 95.7 Å². The Bertz CT molecular complexity index is 1380. The van der Waals surface area contributed by atoms with Crippen LogP contribution in [0.2, 0.25) is 0 Å². The minimum absolute atomic E-state index is 0.0164. The zero-order valence-corrected chi connectivity index (χ0v) is 21.4. The van der Waals surface area contributed by atoms with E-state index in [1.807, 2.05) is 26.0 Å². The van der Waals surface area contributed by atoms with E-state index in [-0.39, 0.29) is 10.5 Å². The molecule has 0 unspecified atom stereocenters. The number of nitrogens with two attached hydrogens (primary N) is 1. The summed E-state index contributed by atoms with van der Waals surface area (Å²) >= 11 is 0. The number of primary amides is 1. The summed E-state index contributed by atoms with van der Waals surface area (Å²) in [6.45, 7) is 11.1. The lowest BCUT2D eigenvalue weighted by molar-refractivity contribution is 0.0997. The number of anilines is 3. The monoisotopic (exact) mass is 492 g/mol. The molecule has 0 aliphatic carbocycles. The molecular formula is C27H32N4O3S. The Balaban J connectivity index is 1.57. The number of nitrogens with one attached hydrogen (secondary N) is 1. The minimum Gasteiger partial charge on any atom is -0.368 e. The predicted octanol–water partition coefficient (Wildman–Crippen LogP) is 4.15. The van der Waals surface area contributed by atoms with Crippen molar-refractivity contribution in [1.29, 1.82) is 0 Å². The van der Waals surface area contributed by atoms with E-state index in [1.54, 1.807) is 18.2 Å². The predicted molar refractivity (Wildman–Crippen MR) is 142 cm³/mol. The van der Waals surface area contributed by atoms with Gasteiger partial charge in [-0.2, -0.15) is 0 Å². The molecule has 8 heteroatoms. The fourth-order valence-electron chi connectivity index (χ4n) is 4.47. The maximum absolute atomic E-state index is 13.2. The summed E-state index contributed by atoms with van der Waals surface area (Å²) in [6.07, 6.45) is 0. The zero-order chi connectivity index (χ0) is 25.3. The number of carbonyl (C=O) groups excluding carboxylic acids is 1. The van der Waals surface area contributed by atoms with E-state index in [1.165, 1.54) is 22.9 Å². The van der Waals surface area contributed by atoms with Gasteiger partial charge in [0.25, 0.3) is 10.0 Å². The fourth-order valence-corrected chi connectivity index (χ4v) is 5.79. The highest BCUT2D eigenvalue weighted by atomic mass is 32.2. The lowest BCUT2D eigenvalue weighted by Gasteiger charge is -2.38. The number of amides is 1. The molecule has 3 aromatic rings. The summed E-state index contributed by atoms with van der Waals surface area (Å²) < 4.78 is 29.0. The third-order valence-corrected chi connectivity index (χ3v) is 8.14. The largest absolute Gasteiger partial charge is 0.368 e. The molecule has 3 N–H and O–H groups in total. The summed E-state index contributed by atoms with van der Waals surface area (Å²) in [5.41, 5.74) is 12.4. The summed E-state index contributed by atoms with van der Waals surface area (Å²) in [5, 5.41) is 0. The molecule has 1 saturated heterocycles. The third kappa shape index (κ3) is 5.12. The van der Waals surface area contributed by atoms with E-state index < -0.39 is 15.9 Å². The van der Waals surface area contributed by atoms with Crippen LogP contribution in [0.5, 0.6) is 0 Å². The molecule has 0 bridgehead atoms. The Labute approximate surface area is 207 Å². The lowest BCUT2D eigenvalue weighted by atomic mass is 10.1. The molecule has 1 amide bonds. The first-order valence-electron chi connectivity index (χ1n) is 11.7. The molecule has 1 heterocycles.